The zero-order chi connectivity index (χ0) is 14.0. The van der Waals surface area contributed by atoms with Crippen molar-refractivity contribution in [3.8, 4) is 0 Å². The number of H-pyrrole nitrogens is 1. The number of anilines is 1. The number of halogens is 1. The van der Waals surface area contributed by atoms with Crippen molar-refractivity contribution in [1.29, 1.82) is 0 Å². The number of amides is 1. The fraction of sp³-hybridized carbons (Fsp3) is 0.100. The largest absolute Gasteiger partial charge is 0.305 e. The van der Waals surface area contributed by atoms with E-state index < -0.39 is 22.3 Å². The molecule has 0 atom stereocenters. The van der Waals surface area contributed by atoms with Crippen molar-refractivity contribution in [3.63, 3.8) is 0 Å². The molecule has 0 saturated carbocycles. The summed E-state index contributed by atoms with van der Waals surface area (Å²) in [5.74, 6) is -1.13. The SMILES string of the molecule is Cc1nc(NC(=O)c2ccc(F)c([N+](=O)[O-])c2)n[nH]1. The Morgan fingerprint density at radius 1 is 1.53 bits per heavy atom. The first-order valence-electron chi connectivity index (χ1n) is 5.11. The van der Waals surface area contributed by atoms with E-state index in [1.165, 1.54) is 0 Å². The molecule has 0 radical (unpaired) electrons. The van der Waals surface area contributed by atoms with Gasteiger partial charge in [-0.3, -0.25) is 25.3 Å². The third kappa shape index (κ3) is 2.70. The second-order valence-electron chi connectivity index (χ2n) is 3.62. The molecule has 1 aromatic carbocycles. The average molecular weight is 265 g/mol. The number of nitrogens with one attached hydrogen (secondary N) is 2. The molecule has 9 heteroatoms. The molecule has 1 amide bonds. The standard InChI is InChI=1S/C10H8FN5O3/c1-5-12-10(15-14-5)13-9(17)6-2-3-7(11)8(4-6)16(18)19/h2-4H,1H3,(H2,12,13,14,15,17). The van der Waals surface area contributed by atoms with Crippen molar-refractivity contribution in [2.24, 2.45) is 0 Å². The Balaban J connectivity index is 2.24. The number of aryl methyl sites for hydroxylation is 1. The number of aromatic amines is 1. The summed E-state index contributed by atoms with van der Waals surface area (Å²) in [7, 11) is 0. The molecule has 2 rings (SSSR count). The average Bonchev–Trinajstić information content (AvgIpc) is 2.74. The van der Waals surface area contributed by atoms with E-state index in [-0.39, 0.29) is 11.5 Å². The highest BCUT2D eigenvalue weighted by Crippen LogP contribution is 2.19. The first kappa shape index (κ1) is 12.6. The summed E-state index contributed by atoms with van der Waals surface area (Å²) in [6, 6.07) is 2.84. The van der Waals surface area contributed by atoms with Gasteiger partial charge in [-0.25, -0.2) is 0 Å². The molecule has 2 aromatic rings. The fourth-order valence-corrected chi connectivity index (χ4v) is 1.37. The summed E-state index contributed by atoms with van der Waals surface area (Å²) in [4.78, 5) is 25.3. The van der Waals surface area contributed by atoms with Crippen LogP contribution in [0, 0.1) is 22.9 Å². The zero-order valence-electron chi connectivity index (χ0n) is 9.68. The van der Waals surface area contributed by atoms with Crippen LogP contribution in [-0.2, 0) is 0 Å². The third-order valence-corrected chi connectivity index (χ3v) is 2.23. The summed E-state index contributed by atoms with van der Waals surface area (Å²) < 4.78 is 13.1. The second-order valence-corrected chi connectivity index (χ2v) is 3.62. The van der Waals surface area contributed by atoms with E-state index in [9.17, 15) is 19.3 Å². The molecule has 19 heavy (non-hydrogen) atoms. The number of nitro groups is 1. The van der Waals surface area contributed by atoms with E-state index in [0.717, 1.165) is 18.2 Å². The lowest BCUT2D eigenvalue weighted by atomic mass is 10.2. The molecule has 0 fully saturated rings. The van der Waals surface area contributed by atoms with Crippen LogP contribution in [0.1, 0.15) is 16.2 Å². The van der Waals surface area contributed by atoms with Gasteiger partial charge in [-0.1, -0.05) is 0 Å². The zero-order valence-corrected chi connectivity index (χ0v) is 9.68. The molecule has 0 aliphatic rings. The Bertz CT molecular complexity index is 654. The van der Waals surface area contributed by atoms with Gasteiger partial charge in [-0.2, -0.15) is 9.37 Å². The van der Waals surface area contributed by atoms with Gasteiger partial charge in [-0.15, -0.1) is 5.10 Å². The summed E-state index contributed by atoms with van der Waals surface area (Å²) in [6.07, 6.45) is 0. The molecular formula is C10H8FN5O3. The molecule has 0 aliphatic heterocycles. The summed E-state index contributed by atoms with van der Waals surface area (Å²) in [5, 5.41) is 19.1. The van der Waals surface area contributed by atoms with Gasteiger partial charge in [0.1, 0.15) is 5.82 Å². The van der Waals surface area contributed by atoms with Crippen molar-refractivity contribution in [2.45, 2.75) is 6.92 Å². The van der Waals surface area contributed by atoms with Crippen LogP contribution in [0.3, 0.4) is 0 Å². The van der Waals surface area contributed by atoms with Crippen LogP contribution in [0.15, 0.2) is 18.2 Å². The quantitative estimate of drug-likeness (QED) is 0.643. The molecule has 2 N–H and O–H groups in total. The predicted octanol–water partition coefficient (Wildman–Crippen LogP) is 1.41. The van der Waals surface area contributed by atoms with Crippen LogP contribution in [0.25, 0.3) is 0 Å². The molecule has 0 aliphatic carbocycles. The maximum atomic E-state index is 13.1. The Hall–Kier alpha value is -2.84. The van der Waals surface area contributed by atoms with Crippen LogP contribution in [-0.4, -0.2) is 26.0 Å². The van der Waals surface area contributed by atoms with E-state index in [1.807, 2.05) is 0 Å². The highest BCUT2D eigenvalue weighted by atomic mass is 19.1. The first-order chi connectivity index (χ1) is 8.97. The Labute approximate surface area is 105 Å². The highest BCUT2D eigenvalue weighted by Gasteiger charge is 2.18. The molecule has 98 valence electrons. The summed E-state index contributed by atoms with van der Waals surface area (Å²) in [5.41, 5.74) is -0.825. The molecule has 0 saturated heterocycles. The molecule has 8 nitrogen and oxygen atoms in total. The molecule has 1 aromatic heterocycles. The fourth-order valence-electron chi connectivity index (χ4n) is 1.37. The molecule has 0 unspecified atom stereocenters. The number of nitrogens with zero attached hydrogens (tertiary/aromatic N) is 3. The molecular weight excluding hydrogens is 257 g/mol. The molecule has 1 heterocycles. The van der Waals surface area contributed by atoms with Gasteiger partial charge >= 0.3 is 5.69 Å². The topological polar surface area (TPSA) is 114 Å². The maximum absolute atomic E-state index is 13.1. The van der Waals surface area contributed by atoms with Gasteiger partial charge in [0.25, 0.3) is 5.91 Å². The number of hydrogen-bond donors (Lipinski definition) is 2. The Morgan fingerprint density at radius 2 is 2.26 bits per heavy atom. The highest BCUT2D eigenvalue weighted by molar-refractivity contribution is 6.03. The van der Waals surface area contributed by atoms with Crippen LogP contribution < -0.4 is 5.32 Å². The minimum Gasteiger partial charge on any atom is -0.289 e. The molecule has 0 spiro atoms. The number of benzene rings is 1. The third-order valence-electron chi connectivity index (χ3n) is 2.23. The second kappa shape index (κ2) is 4.80. The van der Waals surface area contributed by atoms with Crippen LogP contribution in [0.2, 0.25) is 0 Å². The normalized spacial score (nSPS) is 10.2. The van der Waals surface area contributed by atoms with Crippen LogP contribution >= 0.6 is 0 Å². The van der Waals surface area contributed by atoms with Gasteiger partial charge in [-0.05, 0) is 19.1 Å². The maximum Gasteiger partial charge on any atom is 0.305 e. The minimum atomic E-state index is -1.00. The number of rotatable bonds is 3. The minimum absolute atomic E-state index is 0.0366. The van der Waals surface area contributed by atoms with Crippen molar-refractivity contribution >= 4 is 17.5 Å². The number of carbonyl (C=O) groups excluding carboxylic acids is 1. The lowest BCUT2D eigenvalue weighted by Crippen LogP contribution is -2.13. The lowest BCUT2D eigenvalue weighted by molar-refractivity contribution is -0.387. The van der Waals surface area contributed by atoms with Crippen LogP contribution in [0.5, 0.6) is 0 Å². The van der Waals surface area contributed by atoms with Gasteiger partial charge in [0.15, 0.2) is 0 Å². The predicted molar refractivity (Wildman–Crippen MR) is 62.1 cm³/mol. The van der Waals surface area contributed by atoms with Gasteiger partial charge in [0.05, 0.1) is 4.92 Å². The van der Waals surface area contributed by atoms with E-state index in [2.05, 4.69) is 20.5 Å². The number of hydrogen-bond acceptors (Lipinski definition) is 5. The van der Waals surface area contributed by atoms with Crippen molar-refractivity contribution in [3.05, 3.63) is 45.5 Å². The van der Waals surface area contributed by atoms with Gasteiger partial charge in [0.2, 0.25) is 11.8 Å². The van der Waals surface area contributed by atoms with Crippen molar-refractivity contribution < 1.29 is 14.1 Å². The monoisotopic (exact) mass is 265 g/mol. The summed E-state index contributed by atoms with van der Waals surface area (Å²) in [6.45, 7) is 1.64. The number of aromatic nitrogens is 3. The summed E-state index contributed by atoms with van der Waals surface area (Å²) >= 11 is 0. The first-order valence-corrected chi connectivity index (χ1v) is 5.11. The van der Waals surface area contributed by atoms with E-state index >= 15 is 0 Å². The molecule has 0 bridgehead atoms. The van der Waals surface area contributed by atoms with Gasteiger partial charge < -0.3 is 0 Å². The Kier molecular flexibility index (Phi) is 3.19. The Morgan fingerprint density at radius 3 is 2.84 bits per heavy atom. The van der Waals surface area contributed by atoms with E-state index in [1.54, 1.807) is 6.92 Å². The smallest absolute Gasteiger partial charge is 0.289 e. The lowest BCUT2D eigenvalue weighted by Gasteiger charge is -2.01. The van der Waals surface area contributed by atoms with Crippen molar-refractivity contribution in [2.75, 3.05) is 5.32 Å². The van der Waals surface area contributed by atoms with E-state index in [4.69, 9.17) is 0 Å². The number of carbonyl (C=O) groups is 1. The van der Waals surface area contributed by atoms with E-state index in [0.29, 0.717) is 5.82 Å². The van der Waals surface area contributed by atoms with Crippen LogP contribution in [0.4, 0.5) is 16.0 Å². The van der Waals surface area contributed by atoms with Crippen molar-refractivity contribution in [1.82, 2.24) is 15.2 Å². The number of nitro benzene ring substituents is 1. The van der Waals surface area contributed by atoms with Gasteiger partial charge in [0, 0.05) is 11.6 Å².